The van der Waals surface area contributed by atoms with Gasteiger partial charge in [0, 0.05) is 5.56 Å². The molecule has 0 aliphatic carbocycles. The maximum atomic E-state index is 12.1. The second kappa shape index (κ2) is 3.24. The summed E-state index contributed by atoms with van der Waals surface area (Å²) in [5.74, 6) is 0. The zero-order chi connectivity index (χ0) is 10.1. The number of aldehydes is 1. The monoisotopic (exact) mass is 186 g/mol. The molecule has 0 saturated carbocycles. The lowest BCUT2D eigenvalue weighted by Crippen LogP contribution is -2.13. The Hall–Kier alpha value is -1.26. The van der Waals surface area contributed by atoms with Gasteiger partial charge in [0.05, 0.1) is 5.56 Å². The molecule has 1 nitrogen and oxygen atoms in total. The van der Waals surface area contributed by atoms with E-state index in [1.54, 1.807) is 7.85 Å². The van der Waals surface area contributed by atoms with Crippen LogP contribution < -0.4 is 5.46 Å². The number of rotatable bonds is 1. The average molecular weight is 186 g/mol. The molecule has 0 aromatic heterocycles. The van der Waals surface area contributed by atoms with Crippen molar-refractivity contribution in [2.75, 3.05) is 0 Å². The molecule has 1 rings (SSSR count). The van der Waals surface area contributed by atoms with Crippen molar-refractivity contribution in [3.8, 4) is 0 Å². The van der Waals surface area contributed by atoms with Crippen LogP contribution in [0.5, 0.6) is 0 Å². The number of hydrogen-bond acceptors (Lipinski definition) is 1. The van der Waals surface area contributed by atoms with Crippen LogP contribution in [-0.4, -0.2) is 14.1 Å². The minimum atomic E-state index is -4.38. The predicted octanol–water partition coefficient (Wildman–Crippen LogP) is 0.776. The molecule has 5 heteroatoms. The van der Waals surface area contributed by atoms with Crippen LogP contribution in [0.15, 0.2) is 18.2 Å². The molecule has 0 spiro atoms. The van der Waals surface area contributed by atoms with Crippen LogP contribution in [0, 0.1) is 0 Å². The largest absolute Gasteiger partial charge is 0.416 e. The van der Waals surface area contributed by atoms with Gasteiger partial charge in [0.25, 0.3) is 0 Å². The highest BCUT2D eigenvalue weighted by molar-refractivity contribution is 6.35. The van der Waals surface area contributed by atoms with Crippen molar-refractivity contribution in [1.82, 2.24) is 0 Å². The molecule has 0 aliphatic rings. The molecule has 0 saturated heterocycles. The van der Waals surface area contributed by atoms with Crippen LogP contribution in [0.3, 0.4) is 0 Å². The maximum absolute atomic E-state index is 12.1. The number of alkyl halides is 3. The first-order valence-electron chi connectivity index (χ1n) is 3.58. The van der Waals surface area contributed by atoms with Gasteiger partial charge in [0.15, 0.2) is 0 Å². The van der Waals surface area contributed by atoms with Crippen LogP contribution in [0.2, 0.25) is 0 Å². The molecule has 0 fully saturated rings. The Labute approximate surface area is 74.0 Å². The molecule has 1 aromatic carbocycles. The van der Waals surface area contributed by atoms with E-state index in [0.29, 0.717) is 11.7 Å². The summed E-state index contributed by atoms with van der Waals surface area (Å²) in [5, 5.41) is 0. The minimum absolute atomic E-state index is 0.0785. The summed E-state index contributed by atoms with van der Waals surface area (Å²) in [6.07, 6.45) is -3.96. The quantitative estimate of drug-likeness (QED) is 0.467. The SMILES string of the molecule is Bc1ccc(C(F)(F)F)cc1C=O. The highest BCUT2D eigenvalue weighted by Crippen LogP contribution is 2.28. The van der Waals surface area contributed by atoms with Crippen molar-refractivity contribution < 1.29 is 18.0 Å². The van der Waals surface area contributed by atoms with E-state index in [1.165, 1.54) is 6.07 Å². The smallest absolute Gasteiger partial charge is 0.298 e. The lowest BCUT2D eigenvalue weighted by molar-refractivity contribution is -0.137. The van der Waals surface area contributed by atoms with E-state index in [-0.39, 0.29) is 5.56 Å². The fraction of sp³-hybridized carbons (Fsp3) is 0.125. The molecule has 0 unspecified atom stereocenters. The van der Waals surface area contributed by atoms with Crippen molar-refractivity contribution in [3.63, 3.8) is 0 Å². The molecule has 0 radical (unpaired) electrons. The molecule has 0 bridgehead atoms. The van der Waals surface area contributed by atoms with Crippen LogP contribution >= 0.6 is 0 Å². The lowest BCUT2D eigenvalue weighted by Gasteiger charge is -2.07. The normalized spacial score (nSPS) is 11.3. The minimum Gasteiger partial charge on any atom is -0.298 e. The van der Waals surface area contributed by atoms with Gasteiger partial charge in [0.2, 0.25) is 0 Å². The summed E-state index contributed by atoms with van der Waals surface area (Å²) < 4.78 is 36.4. The van der Waals surface area contributed by atoms with Crippen molar-refractivity contribution in [2.24, 2.45) is 0 Å². The molecule has 68 valence electrons. The van der Waals surface area contributed by atoms with Gasteiger partial charge in [-0.25, -0.2) is 0 Å². The van der Waals surface area contributed by atoms with E-state index in [4.69, 9.17) is 0 Å². The van der Waals surface area contributed by atoms with Crippen molar-refractivity contribution in [2.45, 2.75) is 6.18 Å². The Morgan fingerprint density at radius 2 is 1.92 bits per heavy atom. The first-order chi connectivity index (χ1) is 5.95. The fourth-order valence-corrected chi connectivity index (χ4v) is 0.944. The number of benzene rings is 1. The second-order valence-electron chi connectivity index (χ2n) is 2.69. The number of hydrogen-bond donors (Lipinski definition) is 0. The number of carbonyl (C=O) groups excluding carboxylic acids is 1. The highest BCUT2D eigenvalue weighted by Gasteiger charge is 2.30. The summed E-state index contributed by atoms with van der Waals surface area (Å²) in [6, 6.07) is 3.09. The Balaban J connectivity index is 3.21. The maximum Gasteiger partial charge on any atom is 0.416 e. The lowest BCUT2D eigenvalue weighted by atomic mass is 9.90. The van der Waals surface area contributed by atoms with Gasteiger partial charge in [0.1, 0.15) is 14.1 Å². The van der Waals surface area contributed by atoms with Gasteiger partial charge in [-0.2, -0.15) is 13.2 Å². The van der Waals surface area contributed by atoms with Crippen LogP contribution in [0.4, 0.5) is 13.2 Å². The van der Waals surface area contributed by atoms with Gasteiger partial charge in [-0.3, -0.25) is 4.79 Å². The molecule has 0 heterocycles. The van der Waals surface area contributed by atoms with Crippen LogP contribution in [0.1, 0.15) is 15.9 Å². The van der Waals surface area contributed by atoms with E-state index < -0.39 is 11.7 Å². The van der Waals surface area contributed by atoms with Crippen molar-refractivity contribution >= 4 is 19.6 Å². The molecule has 0 aliphatic heterocycles. The van der Waals surface area contributed by atoms with Crippen molar-refractivity contribution in [1.29, 1.82) is 0 Å². The molecule has 1 aromatic rings. The fourth-order valence-electron chi connectivity index (χ4n) is 0.944. The third kappa shape index (κ3) is 2.11. The van der Waals surface area contributed by atoms with Crippen LogP contribution in [0.25, 0.3) is 0 Å². The average Bonchev–Trinajstić information content (AvgIpc) is 2.03. The van der Waals surface area contributed by atoms with E-state index in [0.717, 1.165) is 12.1 Å². The third-order valence-electron chi connectivity index (χ3n) is 1.73. The van der Waals surface area contributed by atoms with Crippen molar-refractivity contribution in [3.05, 3.63) is 29.3 Å². The molecule has 0 N–H and O–H groups in total. The Morgan fingerprint density at radius 1 is 1.31 bits per heavy atom. The first kappa shape index (κ1) is 9.83. The summed E-state index contributed by atoms with van der Waals surface area (Å²) in [6.45, 7) is 0. The predicted molar refractivity (Wildman–Crippen MR) is 45.0 cm³/mol. The van der Waals surface area contributed by atoms with E-state index >= 15 is 0 Å². The van der Waals surface area contributed by atoms with E-state index in [9.17, 15) is 18.0 Å². The third-order valence-corrected chi connectivity index (χ3v) is 1.73. The molecule has 0 atom stereocenters. The summed E-state index contributed by atoms with van der Waals surface area (Å²) in [5.41, 5.74) is -0.168. The highest BCUT2D eigenvalue weighted by atomic mass is 19.4. The zero-order valence-corrected chi connectivity index (χ0v) is 6.85. The zero-order valence-electron chi connectivity index (χ0n) is 6.85. The van der Waals surface area contributed by atoms with Gasteiger partial charge in [-0.05, 0) is 6.07 Å². The summed E-state index contributed by atoms with van der Waals surface area (Å²) in [4.78, 5) is 10.3. The van der Waals surface area contributed by atoms with Gasteiger partial charge in [-0.15, -0.1) is 0 Å². The summed E-state index contributed by atoms with van der Waals surface area (Å²) >= 11 is 0. The van der Waals surface area contributed by atoms with Gasteiger partial charge < -0.3 is 0 Å². The second-order valence-corrected chi connectivity index (χ2v) is 2.69. The van der Waals surface area contributed by atoms with Gasteiger partial charge >= 0.3 is 6.18 Å². The summed E-state index contributed by atoms with van der Waals surface area (Å²) in [7, 11) is 1.59. The first-order valence-corrected chi connectivity index (χ1v) is 3.58. The topological polar surface area (TPSA) is 17.1 Å². The van der Waals surface area contributed by atoms with Crippen LogP contribution in [-0.2, 0) is 6.18 Å². The van der Waals surface area contributed by atoms with E-state index in [2.05, 4.69) is 0 Å². The molecular weight excluding hydrogens is 180 g/mol. The Morgan fingerprint density at radius 3 is 2.38 bits per heavy atom. The standard InChI is InChI=1S/C8H6BF3O/c9-7-2-1-6(8(10,11)12)3-5(7)4-13/h1-4H,9H2. The number of halogens is 3. The molecule has 13 heavy (non-hydrogen) atoms. The Bertz CT molecular complexity index is 333. The molecular formula is C8H6BF3O. The number of carbonyl (C=O) groups is 1. The Kier molecular flexibility index (Phi) is 2.45. The van der Waals surface area contributed by atoms with E-state index in [1.807, 2.05) is 0 Å². The molecule has 0 amide bonds. The van der Waals surface area contributed by atoms with Gasteiger partial charge in [-0.1, -0.05) is 17.6 Å².